The highest BCUT2D eigenvalue weighted by atomic mass is 19.1. The second-order valence-corrected chi connectivity index (χ2v) is 7.96. The predicted octanol–water partition coefficient (Wildman–Crippen LogP) is 4.75. The minimum atomic E-state index is -0.780. The van der Waals surface area contributed by atoms with Crippen molar-refractivity contribution < 1.29 is 4.39 Å². The molecule has 0 bridgehead atoms. The van der Waals surface area contributed by atoms with Crippen LogP contribution in [0.25, 0.3) is 17.0 Å². The maximum Gasteiger partial charge on any atom is 0.137 e. The molecule has 2 fully saturated rings. The minimum Gasteiger partial charge on any atom is -0.364 e. The zero-order valence-corrected chi connectivity index (χ0v) is 15.0. The van der Waals surface area contributed by atoms with E-state index in [1.807, 2.05) is 24.4 Å². The molecule has 0 aliphatic heterocycles. The van der Waals surface area contributed by atoms with E-state index in [9.17, 15) is 4.39 Å². The minimum absolute atomic E-state index is 0.124. The van der Waals surface area contributed by atoms with Crippen LogP contribution in [0.3, 0.4) is 0 Å². The highest BCUT2D eigenvalue weighted by molar-refractivity contribution is 5.62. The number of anilines is 1. The molecule has 0 radical (unpaired) electrons. The summed E-state index contributed by atoms with van der Waals surface area (Å²) in [5, 5.41) is 3.27. The molecule has 2 saturated carbocycles. The number of nitrogens with one attached hydrogen (secondary N) is 1. The first-order valence-electron chi connectivity index (χ1n) is 9.48. The molecule has 3 aromatic heterocycles. The summed E-state index contributed by atoms with van der Waals surface area (Å²) in [6, 6.07) is 10.0. The number of hydrogen-bond donors (Lipinski definition) is 1. The number of halogens is 1. The van der Waals surface area contributed by atoms with Crippen molar-refractivity contribution in [3.8, 4) is 11.4 Å². The number of hydrogen-bond acceptors (Lipinski definition) is 3. The molecule has 3 aromatic rings. The average molecular weight is 350 g/mol. The first-order valence-corrected chi connectivity index (χ1v) is 9.48. The van der Waals surface area contributed by atoms with Crippen LogP contribution in [0.4, 0.5) is 10.2 Å². The summed E-state index contributed by atoms with van der Waals surface area (Å²) in [6.45, 7) is 2.31. The predicted molar refractivity (Wildman–Crippen MR) is 101 cm³/mol. The van der Waals surface area contributed by atoms with Gasteiger partial charge >= 0.3 is 0 Å². The van der Waals surface area contributed by atoms with Crippen LogP contribution in [0.15, 0.2) is 42.7 Å². The van der Waals surface area contributed by atoms with E-state index in [0.717, 1.165) is 35.7 Å². The normalized spacial score (nSPS) is 24.1. The van der Waals surface area contributed by atoms with Gasteiger partial charge in [-0.15, -0.1) is 0 Å². The Kier molecular flexibility index (Phi) is 3.52. The van der Waals surface area contributed by atoms with Crippen LogP contribution in [0.2, 0.25) is 0 Å². The smallest absolute Gasteiger partial charge is 0.137 e. The van der Waals surface area contributed by atoms with Crippen LogP contribution in [0, 0.1) is 0 Å². The Balaban J connectivity index is 1.50. The van der Waals surface area contributed by atoms with Gasteiger partial charge in [0.25, 0.3) is 0 Å². The Morgan fingerprint density at radius 3 is 2.85 bits per heavy atom. The van der Waals surface area contributed by atoms with E-state index >= 15 is 0 Å². The van der Waals surface area contributed by atoms with E-state index in [1.165, 1.54) is 18.4 Å². The van der Waals surface area contributed by atoms with E-state index in [2.05, 4.69) is 40.0 Å². The largest absolute Gasteiger partial charge is 0.364 e. The van der Waals surface area contributed by atoms with Crippen molar-refractivity contribution in [3.63, 3.8) is 0 Å². The van der Waals surface area contributed by atoms with E-state index in [1.54, 1.807) is 0 Å². The van der Waals surface area contributed by atoms with Gasteiger partial charge in [-0.05, 0) is 61.3 Å². The summed E-state index contributed by atoms with van der Waals surface area (Å²) in [5.41, 5.74) is 4.41. The molecule has 5 heteroatoms. The molecule has 1 N–H and O–H groups in total. The maximum atomic E-state index is 13.9. The molecule has 0 aromatic carbocycles. The number of rotatable bonds is 4. The fourth-order valence-corrected chi connectivity index (χ4v) is 3.93. The van der Waals surface area contributed by atoms with Crippen molar-refractivity contribution in [2.45, 2.75) is 56.7 Å². The average Bonchev–Trinajstić information content (AvgIpc) is 3.08. The quantitative estimate of drug-likeness (QED) is 0.738. The second kappa shape index (κ2) is 5.79. The Hall–Kier alpha value is -2.43. The van der Waals surface area contributed by atoms with E-state index in [-0.39, 0.29) is 6.04 Å². The van der Waals surface area contributed by atoms with Gasteiger partial charge < -0.3 is 5.32 Å². The lowest BCUT2D eigenvalue weighted by Crippen LogP contribution is -2.25. The number of fused-ring (bicyclic) bond motifs is 1. The van der Waals surface area contributed by atoms with Gasteiger partial charge in [0.2, 0.25) is 0 Å². The third kappa shape index (κ3) is 2.66. The Morgan fingerprint density at radius 1 is 1.19 bits per heavy atom. The van der Waals surface area contributed by atoms with Crippen LogP contribution in [-0.2, 0) is 5.41 Å². The number of imidazole rings is 1. The molecule has 2 aliphatic carbocycles. The molecular weight excluding hydrogens is 327 g/mol. The van der Waals surface area contributed by atoms with Gasteiger partial charge in [-0.1, -0.05) is 19.1 Å². The molecule has 0 unspecified atom stereocenters. The highest BCUT2D eigenvalue weighted by Crippen LogP contribution is 2.47. The molecule has 0 amide bonds. The molecule has 3 heterocycles. The van der Waals surface area contributed by atoms with Crippen molar-refractivity contribution in [1.29, 1.82) is 0 Å². The van der Waals surface area contributed by atoms with Crippen molar-refractivity contribution in [3.05, 3.63) is 48.3 Å². The number of nitrogens with zero attached hydrogens (tertiary/aromatic N) is 3. The van der Waals surface area contributed by atoms with Crippen molar-refractivity contribution in [2.24, 2.45) is 0 Å². The molecule has 5 rings (SSSR count). The summed E-state index contributed by atoms with van der Waals surface area (Å²) in [7, 11) is 0. The standard InChI is InChI=1S/C21H23FN4/c1-21(10-11-21)14-8-9-20-23-12-18(26(20)13-14)17-6-3-7-19(25-17)24-16-5-2-4-15(16)22/h3,6-9,12-13,15-16H,2,4-5,10-11H2,1H3,(H,24,25)/t15-,16-/m0/s1. The van der Waals surface area contributed by atoms with Crippen molar-refractivity contribution in [1.82, 2.24) is 14.4 Å². The molecule has 0 saturated heterocycles. The molecule has 2 aliphatic rings. The monoisotopic (exact) mass is 350 g/mol. The summed E-state index contributed by atoms with van der Waals surface area (Å²) >= 11 is 0. The number of alkyl halides is 1. The summed E-state index contributed by atoms with van der Waals surface area (Å²) < 4.78 is 16.0. The van der Waals surface area contributed by atoms with Gasteiger partial charge in [-0.25, -0.2) is 14.4 Å². The molecule has 26 heavy (non-hydrogen) atoms. The van der Waals surface area contributed by atoms with Crippen LogP contribution < -0.4 is 5.32 Å². The van der Waals surface area contributed by atoms with E-state index < -0.39 is 6.17 Å². The van der Waals surface area contributed by atoms with Gasteiger partial charge in [-0.2, -0.15) is 0 Å². The van der Waals surface area contributed by atoms with Gasteiger partial charge in [0.05, 0.1) is 23.6 Å². The SMILES string of the molecule is CC1(c2ccc3ncc(-c4cccc(N[C@H]5CCC[C@@H]5F)n4)n3c2)CC1. The third-order valence-electron chi connectivity index (χ3n) is 5.98. The first-order chi connectivity index (χ1) is 12.6. The van der Waals surface area contributed by atoms with E-state index in [4.69, 9.17) is 4.98 Å². The second-order valence-electron chi connectivity index (χ2n) is 7.96. The lowest BCUT2D eigenvalue weighted by atomic mass is 10.0. The van der Waals surface area contributed by atoms with Crippen molar-refractivity contribution in [2.75, 3.05) is 5.32 Å². The first kappa shape index (κ1) is 15.8. The third-order valence-corrected chi connectivity index (χ3v) is 5.98. The van der Waals surface area contributed by atoms with Gasteiger partial charge in [-0.3, -0.25) is 4.40 Å². The Bertz CT molecular complexity index is 960. The summed E-state index contributed by atoms with van der Waals surface area (Å²) in [4.78, 5) is 9.26. The Labute approximate surface area is 152 Å². The molecule has 2 atom stereocenters. The number of aromatic nitrogens is 3. The topological polar surface area (TPSA) is 42.2 Å². The van der Waals surface area contributed by atoms with Crippen molar-refractivity contribution >= 4 is 11.5 Å². The van der Waals surface area contributed by atoms with Gasteiger partial charge in [0.1, 0.15) is 17.6 Å². The zero-order valence-electron chi connectivity index (χ0n) is 15.0. The highest BCUT2D eigenvalue weighted by Gasteiger charge is 2.39. The van der Waals surface area contributed by atoms with Gasteiger partial charge in [0.15, 0.2) is 0 Å². The lowest BCUT2D eigenvalue weighted by Gasteiger charge is -2.16. The maximum absolute atomic E-state index is 13.9. The summed E-state index contributed by atoms with van der Waals surface area (Å²) in [5.74, 6) is 0.734. The number of pyridine rings is 2. The van der Waals surface area contributed by atoms with Crippen LogP contribution in [-0.4, -0.2) is 26.6 Å². The van der Waals surface area contributed by atoms with Crippen LogP contribution in [0.1, 0.15) is 44.6 Å². The zero-order chi connectivity index (χ0) is 17.7. The van der Waals surface area contributed by atoms with Gasteiger partial charge in [0, 0.05) is 6.20 Å². The fourth-order valence-electron chi connectivity index (χ4n) is 3.93. The van der Waals surface area contributed by atoms with Crippen LogP contribution >= 0.6 is 0 Å². The fraction of sp³-hybridized carbons (Fsp3) is 0.429. The molecule has 4 nitrogen and oxygen atoms in total. The van der Waals surface area contributed by atoms with E-state index in [0.29, 0.717) is 11.8 Å². The summed E-state index contributed by atoms with van der Waals surface area (Å²) in [6.07, 6.45) is 8.22. The molecule has 134 valence electrons. The lowest BCUT2D eigenvalue weighted by molar-refractivity contribution is 0.323. The van der Waals surface area contributed by atoms with Crippen LogP contribution in [0.5, 0.6) is 0 Å². The molecular formula is C21H23FN4. The Morgan fingerprint density at radius 2 is 2.08 bits per heavy atom. The molecule has 0 spiro atoms.